The fourth-order valence-electron chi connectivity index (χ4n) is 7.86. The van der Waals surface area contributed by atoms with E-state index in [4.69, 9.17) is 14.2 Å². The van der Waals surface area contributed by atoms with Crippen LogP contribution in [0.3, 0.4) is 0 Å². The van der Waals surface area contributed by atoms with E-state index < -0.39 is 6.10 Å². The Morgan fingerprint density at radius 3 is 0.845 bits per heavy atom. The van der Waals surface area contributed by atoms with Crippen LogP contribution in [0.15, 0.2) is 0 Å². The van der Waals surface area contributed by atoms with Crippen LogP contribution in [0.4, 0.5) is 0 Å². The number of carbonyl (C=O) groups is 3. The zero-order valence-corrected chi connectivity index (χ0v) is 39.5. The van der Waals surface area contributed by atoms with Crippen molar-refractivity contribution in [2.75, 3.05) is 13.2 Å². The Bertz CT molecular complexity index is 872. The average molecular weight is 821 g/mol. The molecule has 1 atom stereocenters. The van der Waals surface area contributed by atoms with Crippen molar-refractivity contribution in [2.45, 2.75) is 297 Å². The van der Waals surface area contributed by atoms with Crippen LogP contribution >= 0.6 is 0 Å². The maximum atomic E-state index is 12.8. The van der Waals surface area contributed by atoms with Gasteiger partial charge in [0.15, 0.2) is 6.10 Å². The number of hydrogen-bond donors (Lipinski definition) is 0. The first-order valence-electron chi connectivity index (χ1n) is 25.9. The molecule has 0 bridgehead atoms. The Morgan fingerprint density at radius 2 is 0.569 bits per heavy atom. The minimum atomic E-state index is -0.760. The van der Waals surface area contributed by atoms with Gasteiger partial charge in [-0.3, -0.25) is 14.4 Å². The predicted molar refractivity (Wildman–Crippen MR) is 247 cm³/mol. The summed E-state index contributed by atoms with van der Waals surface area (Å²) in [5.74, 6) is -0.0392. The van der Waals surface area contributed by atoms with E-state index in [2.05, 4.69) is 27.7 Å². The summed E-state index contributed by atoms with van der Waals surface area (Å²) >= 11 is 0. The van der Waals surface area contributed by atoms with Crippen molar-refractivity contribution in [1.29, 1.82) is 0 Å². The second-order valence-electron chi connectivity index (χ2n) is 18.3. The summed E-state index contributed by atoms with van der Waals surface area (Å²) in [5, 5.41) is 0. The first kappa shape index (κ1) is 56.4. The molecule has 0 saturated heterocycles. The predicted octanol–water partition coefficient (Wildman–Crippen LogP) is 16.7. The molecule has 6 heteroatoms. The highest BCUT2D eigenvalue weighted by Crippen LogP contribution is 2.17. The summed E-state index contributed by atoms with van der Waals surface area (Å²) in [4.78, 5) is 37.9. The van der Waals surface area contributed by atoms with Crippen molar-refractivity contribution in [1.82, 2.24) is 0 Å². The largest absolute Gasteiger partial charge is 0.462 e. The fourth-order valence-corrected chi connectivity index (χ4v) is 7.86. The summed E-state index contributed by atoms with van der Waals surface area (Å²) in [7, 11) is 0. The fraction of sp³-hybridized carbons (Fsp3) is 0.942. The van der Waals surface area contributed by atoms with Gasteiger partial charge in [-0.2, -0.15) is 0 Å². The van der Waals surface area contributed by atoms with Crippen LogP contribution in [0.1, 0.15) is 291 Å². The van der Waals surface area contributed by atoms with Crippen LogP contribution in [0, 0.1) is 5.92 Å². The van der Waals surface area contributed by atoms with Gasteiger partial charge in [0, 0.05) is 19.3 Å². The molecular weight excluding hydrogens is 721 g/mol. The Balaban J connectivity index is 4.30. The lowest BCUT2D eigenvalue weighted by molar-refractivity contribution is -0.167. The van der Waals surface area contributed by atoms with Gasteiger partial charge < -0.3 is 14.2 Å². The van der Waals surface area contributed by atoms with Gasteiger partial charge >= 0.3 is 17.9 Å². The molecule has 0 fully saturated rings. The van der Waals surface area contributed by atoms with E-state index in [9.17, 15) is 14.4 Å². The van der Waals surface area contributed by atoms with E-state index in [1.807, 2.05) is 0 Å². The molecule has 0 N–H and O–H groups in total. The Kier molecular flexibility index (Phi) is 45.2. The molecule has 58 heavy (non-hydrogen) atoms. The molecule has 0 spiro atoms. The summed E-state index contributed by atoms with van der Waals surface area (Å²) < 4.78 is 16.8. The first-order chi connectivity index (χ1) is 28.4. The van der Waals surface area contributed by atoms with Gasteiger partial charge in [-0.25, -0.2) is 0 Å². The standard InChI is InChI=1S/C52H100O6/c1-5-7-9-11-13-15-17-19-20-22-24-28-32-36-40-44-51(54)57-47-49(58-52(55)45-41-37-33-29-25-26-30-34-38-42-48(3)4)46-56-50(53)43-39-35-31-27-23-21-18-16-14-12-10-8-6-2/h48-49H,5-47H2,1-4H3/t49-/m0/s1. The lowest BCUT2D eigenvalue weighted by atomic mass is 10.0. The first-order valence-corrected chi connectivity index (χ1v) is 25.9. The third-order valence-corrected chi connectivity index (χ3v) is 11.8. The molecule has 0 aromatic carbocycles. The third kappa shape index (κ3) is 45.5. The van der Waals surface area contributed by atoms with Gasteiger partial charge in [-0.1, -0.05) is 252 Å². The smallest absolute Gasteiger partial charge is 0.306 e. The molecular formula is C52H100O6. The molecule has 0 unspecified atom stereocenters. The number of unbranched alkanes of at least 4 members (excludes halogenated alkanes) is 34. The zero-order chi connectivity index (χ0) is 42.4. The monoisotopic (exact) mass is 821 g/mol. The highest BCUT2D eigenvalue weighted by atomic mass is 16.6. The maximum absolute atomic E-state index is 12.8. The molecule has 344 valence electrons. The Morgan fingerprint density at radius 1 is 0.328 bits per heavy atom. The number of esters is 3. The highest BCUT2D eigenvalue weighted by molar-refractivity contribution is 5.71. The van der Waals surface area contributed by atoms with Crippen molar-refractivity contribution in [2.24, 2.45) is 5.92 Å². The molecule has 0 aliphatic carbocycles. The lowest BCUT2D eigenvalue weighted by Crippen LogP contribution is -2.30. The van der Waals surface area contributed by atoms with E-state index >= 15 is 0 Å². The van der Waals surface area contributed by atoms with Gasteiger partial charge in [0.05, 0.1) is 0 Å². The van der Waals surface area contributed by atoms with Crippen LogP contribution in [-0.2, 0) is 28.6 Å². The molecule has 0 aromatic rings. The molecule has 0 aliphatic rings. The Labute approximate surface area is 361 Å². The summed E-state index contributed by atoms with van der Waals surface area (Å²) in [6.07, 6.45) is 48.0. The third-order valence-electron chi connectivity index (χ3n) is 11.8. The van der Waals surface area contributed by atoms with Crippen molar-refractivity contribution in [3.8, 4) is 0 Å². The van der Waals surface area contributed by atoms with Gasteiger partial charge in [-0.05, 0) is 25.2 Å². The van der Waals surface area contributed by atoms with Gasteiger partial charge in [0.25, 0.3) is 0 Å². The van der Waals surface area contributed by atoms with Gasteiger partial charge in [-0.15, -0.1) is 0 Å². The SMILES string of the molecule is CCCCCCCCCCCCCCCCCC(=O)OC[C@H](COC(=O)CCCCCCCCCCCCCCC)OC(=O)CCCCCCCCCCCC(C)C. The lowest BCUT2D eigenvalue weighted by Gasteiger charge is -2.18. The van der Waals surface area contributed by atoms with Gasteiger partial charge in [0.2, 0.25) is 0 Å². The van der Waals surface area contributed by atoms with Gasteiger partial charge in [0.1, 0.15) is 13.2 Å². The normalized spacial score (nSPS) is 11.9. The maximum Gasteiger partial charge on any atom is 0.306 e. The number of carbonyl (C=O) groups excluding carboxylic acids is 3. The zero-order valence-electron chi connectivity index (χ0n) is 39.5. The van der Waals surface area contributed by atoms with Crippen LogP contribution in [-0.4, -0.2) is 37.2 Å². The summed E-state index contributed by atoms with van der Waals surface area (Å²) in [6.45, 7) is 9.01. The molecule has 0 amide bonds. The van der Waals surface area contributed by atoms with E-state index in [-0.39, 0.29) is 31.1 Å². The number of ether oxygens (including phenoxy) is 3. The molecule has 0 rings (SSSR count). The van der Waals surface area contributed by atoms with Crippen molar-refractivity contribution >= 4 is 17.9 Å². The molecule has 0 aromatic heterocycles. The topological polar surface area (TPSA) is 78.9 Å². The molecule has 6 nitrogen and oxygen atoms in total. The molecule has 0 saturated carbocycles. The van der Waals surface area contributed by atoms with E-state index in [0.717, 1.165) is 63.7 Å². The number of rotatable bonds is 47. The second kappa shape index (κ2) is 46.5. The van der Waals surface area contributed by atoms with E-state index in [1.54, 1.807) is 0 Å². The average Bonchev–Trinajstić information content (AvgIpc) is 3.21. The minimum Gasteiger partial charge on any atom is -0.462 e. The molecule has 0 aliphatic heterocycles. The van der Waals surface area contributed by atoms with Crippen LogP contribution < -0.4 is 0 Å². The van der Waals surface area contributed by atoms with Crippen molar-refractivity contribution < 1.29 is 28.6 Å². The minimum absolute atomic E-state index is 0.0630. The highest BCUT2D eigenvalue weighted by Gasteiger charge is 2.19. The molecule has 0 radical (unpaired) electrons. The Hall–Kier alpha value is -1.59. The summed E-state index contributed by atoms with van der Waals surface area (Å²) in [5.41, 5.74) is 0. The van der Waals surface area contributed by atoms with Crippen LogP contribution in [0.5, 0.6) is 0 Å². The number of hydrogen-bond acceptors (Lipinski definition) is 6. The van der Waals surface area contributed by atoms with E-state index in [1.165, 1.54) is 186 Å². The second-order valence-corrected chi connectivity index (χ2v) is 18.3. The summed E-state index contributed by atoms with van der Waals surface area (Å²) in [6, 6.07) is 0. The van der Waals surface area contributed by atoms with Crippen LogP contribution in [0.25, 0.3) is 0 Å². The quantitative estimate of drug-likeness (QED) is 0.0346. The van der Waals surface area contributed by atoms with Crippen LogP contribution in [0.2, 0.25) is 0 Å². The van der Waals surface area contributed by atoms with E-state index in [0.29, 0.717) is 19.3 Å². The van der Waals surface area contributed by atoms with Crippen molar-refractivity contribution in [3.63, 3.8) is 0 Å². The van der Waals surface area contributed by atoms with Crippen molar-refractivity contribution in [3.05, 3.63) is 0 Å². The molecule has 0 heterocycles.